The lowest BCUT2D eigenvalue weighted by Gasteiger charge is -2.33. The van der Waals surface area contributed by atoms with Gasteiger partial charge in [-0.2, -0.15) is 0 Å². The summed E-state index contributed by atoms with van der Waals surface area (Å²) >= 11 is 0. The molecule has 16 heavy (non-hydrogen) atoms. The fourth-order valence-corrected chi connectivity index (χ4v) is 2.58. The van der Waals surface area contributed by atoms with Gasteiger partial charge in [-0.05, 0) is 37.4 Å². The maximum atomic E-state index is 6.07. The number of nitrogens with zero attached hydrogens (tertiary/aromatic N) is 1. The Kier molecular flexibility index (Phi) is 4.41. The summed E-state index contributed by atoms with van der Waals surface area (Å²) in [4.78, 5) is 1.98. The van der Waals surface area contributed by atoms with E-state index in [9.17, 15) is 0 Å². The molecule has 0 aromatic heterocycles. The van der Waals surface area contributed by atoms with Crippen LogP contribution in [-0.2, 0) is 6.54 Å². The van der Waals surface area contributed by atoms with Gasteiger partial charge in [0.2, 0.25) is 0 Å². The molecule has 1 aromatic carbocycles. The maximum absolute atomic E-state index is 6.07. The molecular weight excluding hydrogens is 194 g/mol. The first-order valence-electron chi connectivity index (χ1n) is 6.38. The van der Waals surface area contributed by atoms with E-state index in [0.717, 1.165) is 19.0 Å². The van der Waals surface area contributed by atoms with Crippen LogP contribution in [-0.4, -0.2) is 11.4 Å². The van der Waals surface area contributed by atoms with Gasteiger partial charge in [0.1, 0.15) is 0 Å². The molecule has 1 nitrogen and oxygen atoms in total. The minimum atomic E-state index is 0.822. The molecule has 1 fully saturated rings. The Morgan fingerprint density at radius 3 is 2.44 bits per heavy atom. The van der Waals surface area contributed by atoms with E-state index in [4.69, 9.17) is 7.05 Å². The highest BCUT2D eigenvalue weighted by Gasteiger charge is 2.12. The predicted molar refractivity (Wildman–Crippen MR) is 67.7 cm³/mol. The Morgan fingerprint density at radius 1 is 1.06 bits per heavy atom. The summed E-state index contributed by atoms with van der Waals surface area (Å²) in [5.41, 5.74) is 1.31. The van der Waals surface area contributed by atoms with E-state index in [1.165, 1.54) is 37.7 Å². The minimum absolute atomic E-state index is 0.822. The minimum Gasteiger partial charge on any atom is -0.481 e. The van der Waals surface area contributed by atoms with E-state index < -0.39 is 0 Å². The van der Waals surface area contributed by atoms with Gasteiger partial charge < -0.3 is 11.9 Å². The van der Waals surface area contributed by atoms with E-state index in [0.29, 0.717) is 0 Å². The fraction of sp³-hybridized carbons (Fsp3) is 0.533. The van der Waals surface area contributed by atoms with Crippen LogP contribution in [0.15, 0.2) is 30.3 Å². The van der Waals surface area contributed by atoms with Crippen LogP contribution in [0.3, 0.4) is 0 Å². The van der Waals surface area contributed by atoms with Crippen molar-refractivity contribution in [1.29, 1.82) is 0 Å². The summed E-state index contributed by atoms with van der Waals surface area (Å²) in [5, 5.41) is 0. The van der Waals surface area contributed by atoms with E-state index >= 15 is 0 Å². The zero-order valence-electron chi connectivity index (χ0n) is 9.94. The van der Waals surface area contributed by atoms with Gasteiger partial charge in [-0.15, -0.1) is 0 Å². The second-order valence-corrected chi connectivity index (χ2v) is 4.92. The molecule has 1 aliphatic rings. The molecule has 0 aliphatic heterocycles. The number of hydrogen-bond acceptors (Lipinski definition) is 1. The molecule has 0 atom stereocenters. The molecule has 1 heteroatoms. The SMILES string of the molecule is [CH-]N(Cc1ccccc1)CC1CCCCC1. The predicted octanol–water partition coefficient (Wildman–Crippen LogP) is 3.74. The molecule has 87 valence electrons. The second-order valence-electron chi connectivity index (χ2n) is 4.92. The zero-order chi connectivity index (χ0) is 11.2. The van der Waals surface area contributed by atoms with Crippen molar-refractivity contribution in [3.63, 3.8) is 0 Å². The van der Waals surface area contributed by atoms with Crippen molar-refractivity contribution < 1.29 is 0 Å². The summed E-state index contributed by atoms with van der Waals surface area (Å²) in [7, 11) is 6.07. The molecule has 0 spiro atoms. The van der Waals surface area contributed by atoms with Crippen LogP contribution in [0.25, 0.3) is 0 Å². The van der Waals surface area contributed by atoms with Crippen molar-refractivity contribution in [3.05, 3.63) is 42.9 Å². The van der Waals surface area contributed by atoms with Crippen molar-refractivity contribution in [3.8, 4) is 0 Å². The molecule has 0 saturated heterocycles. The van der Waals surface area contributed by atoms with Crippen molar-refractivity contribution in [1.82, 2.24) is 4.90 Å². The van der Waals surface area contributed by atoms with Crippen LogP contribution in [0.5, 0.6) is 0 Å². The van der Waals surface area contributed by atoms with Gasteiger partial charge in [0.05, 0.1) is 0 Å². The molecular formula is C15H21N-. The molecule has 1 aromatic rings. The quantitative estimate of drug-likeness (QED) is 0.546. The molecule has 1 radical (unpaired) electrons. The van der Waals surface area contributed by atoms with Crippen LogP contribution < -0.4 is 0 Å². The van der Waals surface area contributed by atoms with Gasteiger partial charge >= 0.3 is 0 Å². The van der Waals surface area contributed by atoms with Gasteiger partial charge in [0.15, 0.2) is 0 Å². The molecule has 1 aliphatic carbocycles. The zero-order valence-corrected chi connectivity index (χ0v) is 9.94. The Hall–Kier alpha value is -0.820. The van der Waals surface area contributed by atoms with E-state index in [1.54, 1.807) is 0 Å². The van der Waals surface area contributed by atoms with E-state index in [-0.39, 0.29) is 0 Å². The lowest BCUT2D eigenvalue weighted by Crippen LogP contribution is -2.25. The van der Waals surface area contributed by atoms with Crippen LogP contribution >= 0.6 is 0 Å². The lowest BCUT2D eigenvalue weighted by molar-refractivity contribution is 0.246. The highest BCUT2D eigenvalue weighted by molar-refractivity contribution is 5.14. The summed E-state index contributed by atoms with van der Waals surface area (Å²) in [6.45, 7) is 1.92. The lowest BCUT2D eigenvalue weighted by atomic mass is 9.89. The van der Waals surface area contributed by atoms with Crippen molar-refractivity contribution in [2.75, 3.05) is 6.54 Å². The average Bonchev–Trinajstić information content (AvgIpc) is 2.31. The highest BCUT2D eigenvalue weighted by atomic mass is 15.1. The molecule has 0 bridgehead atoms. The van der Waals surface area contributed by atoms with Crippen molar-refractivity contribution in [2.24, 2.45) is 5.92 Å². The Bertz CT molecular complexity index is 288. The first-order chi connectivity index (χ1) is 7.84. The van der Waals surface area contributed by atoms with Crippen molar-refractivity contribution in [2.45, 2.75) is 38.6 Å². The molecule has 0 N–H and O–H groups in total. The Labute approximate surface area is 99.5 Å². The maximum Gasteiger partial charge on any atom is -0.00623 e. The largest absolute Gasteiger partial charge is 0.481 e. The molecule has 0 heterocycles. The summed E-state index contributed by atoms with van der Waals surface area (Å²) in [6.07, 6.45) is 6.93. The summed E-state index contributed by atoms with van der Waals surface area (Å²) in [6, 6.07) is 10.5. The normalized spacial score (nSPS) is 17.9. The third-order valence-corrected chi connectivity index (χ3v) is 3.45. The number of hydrogen-bond donors (Lipinski definition) is 0. The molecule has 0 unspecified atom stereocenters. The van der Waals surface area contributed by atoms with Gasteiger partial charge in [0.25, 0.3) is 0 Å². The summed E-state index contributed by atoms with van der Waals surface area (Å²) in [5.74, 6) is 0.822. The average molecular weight is 215 g/mol. The topological polar surface area (TPSA) is 3.24 Å². The van der Waals surface area contributed by atoms with Gasteiger partial charge in [-0.3, -0.25) is 0 Å². The molecule has 2 rings (SSSR count). The molecule has 1 saturated carbocycles. The van der Waals surface area contributed by atoms with Gasteiger partial charge in [0, 0.05) is 0 Å². The van der Waals surface area contributed by atoms with Crippen LogP contribution in [0.2, 0.25) is 0 Å². The first-order valence-corrected chi connectivity index (χ1v) is 6.38. The smallest absolute Gasteiger partial charge is 0.00623 e. The van der Waals surface area contributed by atoms with Crippen LogP contribution in [0.1, 0.15) is 37.7 Å². The fourth-order valence-electron chi connectivity index (χ4n) is 2.58. The highest BCUT2D eigenvalue weighted by Crippen LogP contribution is 2.24. The van der Waals surface area contributed by atoms with Crippen LogP contribution in [0.4, 0.5) is 0 Å². The Balaban J connectivity index is 1.77. The molecule has 0 amide bonds. The third kappa shape index (κ3) is 3.64. The van der Waals surface area contributed by atoms with Gasteiger partial charge in [-0.1, -0.05) is 49.6 Å². The van der Waals surface area contributed by atoms with E-state index in [1.807, 2.05) is 11.0 Å². The second kappa shape index (κ2) is 6.05. The van der Waals surface area contributed by atoms with Gasteiger partial charge in [-0.25, -0.2) is 0 Å². The van der Waals surface area contributed by atoms with E-state index in [2.05, 4.69) is 24.3 Å². The first kappa shape index (κ1) is 11.7. The third-order valence-electron chi connectivity index (χ3n) is 3.45. The monoisotopic (exact) mass is 215 g/mol. The van der Waals surface area contributed by atoms with Crippen molar-refractivity contribution >= 4 is 0 Å². The Morgan fingerprint density at radius 2 is 1.75 bits per heavy atom. The van der Waals surface area contributed by atoms with Crippen LogP contribution in [0, 0.1) is 13.0 Å². The number of rotatable bonds is 4. The number of benzene rings is 1. The standard InChI is InChI=1S/C15H21N/c1-16(12-14-8-4-2-5-9-14)13-15-10-6-3-7-11-15/h1-2,4-5,8-9,15H,3,6-7,10-13H2/q-1. The summed E-state index contributed by atoms with van der Waals surface area (Å²) < 4.78 is 0.